The molecule has 0 radical (unpaired) electrons. The number of benzene rings is 5. The van der Waals surface area contributed by atoms with E-state index in [2.05, 4.69) is 96.9 Å². The highest BCUT2D eigenvalue weighted by molar-refractivity contribution is 6.35. The lowest BCUT2D eigenvalue weighted by Gasteiger charge is -2.38. The average molecular weight is 475 g/mol. The lowest BCUT2D eigenvalue weighted by atomic mass is 9.65. The SMILES string of the molecule is Cc1c(C)c(C)c2c(c1C)c(C)c1c(C)c3c4c(c(C)c(C)c5c(C)c(C)c2c1c54)C(C)(C)C3(C)C. The van der Waals surface area contributed by atoms with E-state index in [0.29, 0.717) is 0 Å². The minimum absolute atomic E-state index is 0.0588. The van der Waals surface area contributed by atoms with Crippen LogP contribution in [0.2, 0.25) is 0 Å². The van der Waals surface area contributed by atoms with E-state index < -0.39 is 0 Å². The van der Waals surface area contributed by atoms with Crippen molar-refractivity contribution >= 4 is 43.1 Å². The van der Waals surface area contributed by atoms with Gasteiger partial charge in [0.15, 0.2) is 0 Å². The monoisotopic (exact) mass is 474 g/mol. The van der Waals surface area contributed by atoms with Crippen LogP contribution in [0.15, 0.2) is 0 Å². The third-order valence-electron chi connectivity index (χ3n) is 11.6. The first-order valence-corrected chi connectivity index (χ1v) is 13.8. The van der Waals surface area contributed by atoms with Gasteiger partial charge < -0.3 is 0 Å². The van der Waals surface area contributed by atoms with Crippen molar-refractivity contribution in [1.82, 2.24) is 0 Å². The molecule has 5 aromatic rings. The first-order chi connectivity index (χ1) is 16.6. The molecule has 0 amide bonds. The van der Waals surface area contributed by atoms with Gasteiger partial charge in [-0.1, -0.05) is 27.7 Å². The van der Waals surface area contributed by atoms with Crippen LogP contribution in [-0.2, 0) is 10.8 Å². The Bertz CT molecular complexity index is 1850. The van der Waals surface area contributed by atoms with E-state index in [-0.39, 0.29) is 10.8 Å². The average Bonchev–Trinajstić information content (AvgIpc) is 2.97. The molecule has 0 atom stereocenters. The van der Waals surface area contributed by atoms with Crippen LogP contribution in [0, 0.1) is 69.2 Å². The molecule has 1 aliphatic carbocycles. The molecule has 0 spiro atoms. The lowest BCUT2D eigenvalue weighted by Crippen LogP contribution is -2.36. The van der Waals surface area contributed by atoms with E-state index in [0.717, 1.165) is 0 Å². The van der Waals surface area contributed by atoms with Crippen LogP contribution in [0.5, 0.6) is 0 Å². The minimum Gasteiger partial charge on any atom is -0.0549 e. The van der Waals surface area contributed by atoms with Crippen LogP contribution < -0.4 is 0 Å². The van der Waals surface area contributed by atoms with Gasteiger partial charge in [0, 0.05) is 0 Å². The van der Waals surface area contributed by atoms with E-state index in [9.17, 15) is 0 Å². The Labute approximate surface area is 217 Å². The predicted molar refractivity (Wildman–Crippen MR) is 161 cm³/mol. The maximum Gasteiger partial charge on any atom is -0.000262 e. The summed E-state index contributed by atoms with van der Waals surface area (Å²) in [4.78, 5) is 0. The molecule has 1 aliphatic rings. The summed E-state index contributed by atoms with van der Waals surface area (Å²) in [6.07, 6.45) is 0. The van der Waals surface area contributed by atoms with Gasteiger partial charge in [0.2, 0.25) is 0 Å². The van der Waals surface area contributed by atoms with E-state index in [1.165, 1.54) is 88.0 Å². The molecule has 0 unspecified atom stereocenters. The van der Waals surface area contributed by atoms with Gasteiger partial charge in [-0.25, -0.2) is 0 Å². The third kappa shape index (κ3) is 2.22. The van der Waals surface area contributed by atoms with Crippen molar-refractivity contribution in [3.63, 3.8) is 0 Å². The maximum absolute atomic E-state index is 2.50. The third-order valence-corrected chi connectivity index (χ3v) is 11.6. The number of rotatable bonds is 0. The van der Waals surface area contributed by atoms with Crippen LogP contribution in [-0.4, -0.2) is 0 Å². The second kappa shape index (κ2) is 6.63. The zero-order valence-electron chi connectivity index (χ0n) is 25.0. The molecule has 36 heavy (non-hydrogen) atoms. The van der Waals surface area contributed by atoms with Gasteiger partial charge in [-0.05, 0) is 190 Å². The van der Waals surface area contributed by atoms with Crippen LogP contribution >= 0.6 is 0 Å². The van der Waals surface area contributed by atoms with Gasteiger partial charge in [0.05, 0.1) is 0 Å². The van der Waals surface area contributed by atoms with Gasteiger partial charge >= 0.3 is 0 Å². The van der Waals surface area contributed by atoms with Crippen LogP contribution in [0.1, 0.15) is 94.5 Å². The lowest BCUT2D eigenvalue weighted by molar-refractivity contribution is 0.320. The standard InChI is InChI=1S/C36H42/c1-15-16(2)18(4)28-26(17(15)3)23(9)27-24(10)34-32-31-25(19(5)20(6)29(28)30(27)31)21(7)22(8)33(32)35(11,12)36(34,13)14/h1-14H3. The molecule has 0 nitrogen and oxygen atoms in total. The van der Waals surface area contributed by atoms with Crippen molar-refractivity contribution in [3.8, 4) is 0 Å². The second-order valence-electron chi connectivity index (χ2n) is 13.2. The fraction of sp³-hybridized carbons (Fsp3) is 0.444. The van der Waals surface area contributed by atoms with Crippen molar-refractivity contribution in [2.24, 2.45) is 0 Å². The van der Waals surface area contributed by atoms with Crippen LogP contribution in [0.3, 0.4) is 0 Å². The van der Waals surface area contributed by atoms with E-state index in [1.54, 1.807) is 21.9 Å². The first-order valence-electron chi connectivity index (χ1n) is 13.8. The largest absolute Gasteiger partial charge is 0.0549 e. The zero-order chi connectivity index (χ0) is 26.5. The van der Waals surface area contributed by atoms with Gasteiger partial charge in [-0.3, -0.25) is 0 Å². The fourth-order valence-electron chi connectivity index (χ4n) is 8.59. The number of hydrogen-bond acceptors (Lipinski definition) is 0. The maximum atomic E-state index is 2.50. The highest BCUT2D eigenvalue weighted by Crippen LogP contribution is 2.61. The molecule has 0 saturated heterocycles. The summed E-state index contributed by atoms with van der Waals surface area (Å²) in [7, 11) is 0. The van der Waals surface area contributed by atoms with Crippen LogP contribution in [0.25, 0.3) is 43.1 Å². The molecule has 0 N–H and O–H groups in total. The molecular formula is C36H42. The van der Waals surface area contributed by atoms with Crippen molar-refractivity contribution in [2.75, 3.05) is 0 Å². The summed E-state index contributed by atoms with van der Waals surface area (Å²) in [6, 6.07) is 0. The Morgan fingerprint density at radius 2 is 0.556 bits per heavy atom. The van der Waals surface area contributed by atoms with Gasteiger partial charge in [0.25, 0.3) is 0 Å². The normalized spacial score (nSPS) is 16.5. The Hall–Kier alpha value is -2.60. The molecule has 0 fully saturated rings. The molecule has 186 valence electrons. The molecule has 0 bridgehead atoms. The summed E-state index contributed by atoms with van der Waals surface area (Å²) in [6.45, 7) is 33.7. The van der Waals surface area contributed by atoms with E-state index in [1.807, 2.05) is 0 Å². The second-order valence-corrected chi connectivity index (χ2v) is 13.2. The molecule has 5 aromatic carbocycles. The molecule has 6 rings (SSSR count). The molecular weight excluding hydrogens is 432 g/mol. The summed E-state index contributed by atoms with van der Waals surface area (Å²) >= 11 is 0. The molecule has 0 aromatic heterocycles. The van der Waals surface area contributed by atoms with Crippen molar-refractivity contribution in [1.29, 1.82) is 0 Å². The highest BCUT2D eigenvalue weighted by Gasteiger charge is 2.50. The Kier molecular flexibility index (Phi) is 4.38. The fourth-order valence-corrected chi connectivity index (χ4v) is 8.59. The van der Waals surface area contributed by atoms with Gasteiger partial charge in [0.1, 0.15) is 0 Å². The van der Waals surface area contributed by atoms with E-state index in [4.69, 9.17) is 0 Å². The first kappa shape index (κ1) is 23.8. The van der Waals surface area contributed by atoms with Crippen molar-refractivity contribution in [2.45, 2.75) is 108 Å². The Morgan fingerprint density at radius 3 is 1.11 bits per heavy atom. The number of aryl methyl sites for hydroxylation is 7. The van der Waals surface area contributed by atoms with Gasteiger partial charge in [-0.2, -0.15) is 0 Å². The quantitative estimate of drug-likeness (QED) is 0.155. The van der Waals surface area contributed by atoms with Crippen LogP contribution in [0.4, 0.5) is 0 Å². The predicted octanol–water partition coefficient (Wildman–Crippen LogP) is 10.4. The smallest absolute Gasteiger partial charge is 0.000262 e. The van der Waals surface area contributed by atoms with E-state index >= 15 is 0 Å². The topological polar surface area (TPSA) is 0 Å². The minimum atomic E-state index is 0.0588. The molecule has 0 saturated carbocycles. The number of hydrogen-bond donors (Lipinski definition) is 0. The Balaban J connectivity index is 2.16. The Morgan fingerprint density at radius 1 is 0.250 bits per heavy atom. The molecule has 0 heterocycles. The molecule has 0 aliphatic heterocycles. The van der Waals surface area contributed by atoms with Crippen molar-refractivity contribution in [3.05, 3.63) is 66.8 Å². The zero-order valence-corrected chi connectivity index (χ0v) is 25.0. The number of fused-ring (bicyclic) bond motifs is 2. The summed E-state index contributed by atoms with van der Waals surface area (Å²) in [5.41, 5.74) is 18.0. The summed E-state index contributed by atoms with van der Waals surface area (Å²) < 4.78 is 0. The van der Waals surface area contributed by atoms with Gasteiger partial charge in [-0.15, -0.1) is 0 Å². The summed E-state index contributed by atoms with van der Waals surface area (Å²) in [5.74, 6) is 0. The van der Waals surface area contributed by atoms with Crippen molar-refractivity contribution < 1.29 is 0 Å². The highest BCUT2D eigenvalue weighted by atomic mass is 14.5. The summed E-state index contributed by atoms with van der Waals surface area (Å²) in [5, 5.41) is 12.1. The molecule has 0 heteroatoms.